The highest BCUT2D eigenvalue weighted by molar-refractivity contribution is 7.99. The van der Waals surface area contributed by atoms with Crippen LogP contribution in [-0.4, -0.2) is 46.2 Å². The van der Waals surface area contributed by atoms with Crippen LogP contribution in [0.3, 0.4) is 0 Å². The zero-order valence-electron chi connectivity index (χ0n) is 12.9. The fraction of sp³-hybridized carbons (Fsp3) is 0.600. The minimum Gasteiger partial charge on any atom is -0.383 e. The van der Waals surface area contributed by atoms with E-state index in [4.69, 9.17) is 4.74 Å². The van der Waals surface area contributed by atoms with Gasteiger partial charge in [0.05, 0.1) is 11.5 Å². The predicted molar refractivity (Wildman–Crippen MR) is 90.7 cm³/mol. The molecule has 0 aromatic heterocycles. The molecule has 2 N–H and O–H groups in total. The van der Waals surface area contributed by atoms with Gasteiger partial charge in [-0.15, -0.1) is 0 Å². The van der Waals surface area contributed by atoms with Crippen molar-refractivity contribution in [3.63, 3.8) is 0 Å². The first-order valence-corrected chi connectivity index (χ1v) is 10.1. The number of rotatable bonds is 8. The molecule has 1 fully saturated rings. The third kappa shape index (κ3) is 5.55. The van der Waals surface area contributed by atoms with Gasteiger partial charge in [0.25, 0.3) is 0 Å². The predicted octanol–water partition coefficient (Wildman–Crippen LogP) is 1.60. The van der Waals surface area contributed by atoms with Gasteiger partial charge >= 0.3 is 0 Å². The van der Waals surface area contributed by atoms with E-state index in [9.17, 15) is 8.42 Å². The summed E-state index contributed by atoms with van der Waals surface area (Å²) in [4.78, 5) is 0.293. The SMILES string of the molecule is COCCNS(=O)(=O)c1ccc(CNC2CCSCC2)cc1. The Kier molecular flexibility index (Phi) is 7.17. The van der Waals surface area contributed by atoms with Gasteiger partial charge in [-0.05, 0) is 42.0 Å². The van der Waals surface area contributed by atoms with Crippen LogP contribution in [0.4, 0.5) is 0 Å². The highest BCUT2D eigenvalue weighted by atomic mass is 32.2. The van der Waals surface area contributed by atoms with Crippen molar-refractivity contribution in [2.45, 2.75) is 30.3 Å². The van der Waals surface area contributed by atoms with Gasteiger partial charge in [-0.25, -0.2) is 13.1 Å². The van der Waals surface area contributed by atoms with Crippen LogP contribution in [0.5, 0.6) is 0 Å². The molecular weight excluding hydrogens is 320 g/mol. The van der Waals surface area contributed by atoms with Crippen molar-refractivity contribution in [1.29, 1.82) is 0 Å². The Labute approximate surface area is 137 Å². The van der Waals surface area contributed by atoms with Crippen molar-refractivity contribution in [3.05, 3.63) is 29.8 Å². The molecule has 1 aliphatic heterocycles. The highest BCUT2D eigenvalue weighted by Crippen LogP contribution is 2.17. The van der Waals surface area contributed by atoms with Crippen LogP contribution in [0.25, 0.3) is 0 Å². The Morgan fingerprint density at radius 2 is 1.91 bits per heavy atom. The van der Waals surface area contributed by atoms with E-state index in [0.29, 0.717) is 17.5 Å². The third-order valence-corrected chi connectivity index (χ3v) is 6.17. The lowest BCUT2D eigenvalue weighted by atomic mass is 10.1. The Morgan fingerprint density at radius 1 is 1.23 bits per heavy atom. The van der Waals surface area contributed by atoms with Crippen molar-refractivity contribution in [3.8, 4) is 0 Å². The summed E-state index contributed by atoms with van der Waals surface area (Å²) in [6, 6.07) is 7.64. The van der Waals surface area contributed by atoms with Gasteiger partial charge in [-0.2, -0.15) is 11.8 Å². The summed E-state index contributed by atoms with van der Waals surface area (Å²) in [5.41, 5.74) is 1.11. The van der Waals surface area contributed by atoms with E-state index in [-0.39, 0.29) is 6.54 Å². The number of benzene rings is 1. The van der Waals surface area contributed by atoms with E-state index in [1.54, 1.807) is 19.2 Å². The topological polar surface area (TPSA) is 67.4 Å². The zero-order chi connectivity index (χ0) is 15.8. The second kappa shape index (κ2) is 8.88. The average molecular weight is 345 g/mol. The van der Waals surface area contributed by atoms with Crippen LogP contribution in [0, 0.1) is 0 Å². The summed E-state index contributed by atoms with van der Waals surface area (Å²) in [5, 5.41) is 3.54. The van der Waals surface area contributed by atoms with Crippen molar-refractivity contribution >= 4 is 21.8 Å². The molecule has 1 aromatic rings. The molecule has 0 aliphatic carbocycles. The number of hydrogen-bond donors (Lipinski definition) is 2. The lowest BCUT2D eigenvalue weighted by molar-refractivity contribution is 0.204. The fourth-order valence-corrected chi connectivity index (χ4v) is 4.43. The van der Waals surface area contributed by atoms with Crippen molar-refractivity contribution in [1.82, 2.24) is 10.0 Å². The first kappa shape index (κ1) is 17.7. The zero-order valence-corrected chi connectivity index (χ0v) is 14.5. The van der Waals surface area contributed by atoms with Crippen LogP contribution < -0.4 is 10.0 Å². The van der Waals surface area contributed by atoms with Gasteiger partial charge in [0.15, 0.2) is 0 Å². The smallest absolute Gasteiger partial charge is 0.240 e. The molecule has 1 heterocycles. The summed E-state index contributed by atoms with van der Waals surface area (Å²) in [5.74, 6) is 2.45. The first-order chi connectivity index (χ1) is 10.6. The number of hydrogen-bond acceptors (Lipinski definition) is 5. The molecule has 0 atom stereocenters. The van der Waals surface area contributed by atoms with Crippen LogP contribution >= 0.6 is 11.8 Å². The van der Waals surface area contributed by atoms with Gasteiger partial charge < -0.3 is 10.1 Å². The van der Waals surface area contributed by atoms with E-state index in [0.717, 1.165) is 12.1 Å². The largest absolute Gasteiger partial charge is 0.383 e. The summed E-state index contributed by atoms with van der Waals surface area (Å²) in [6.07, 6.45) is 2.42. The average Bonchev–Trinajstić information content (AvgIpc) is 2.54. The van der Waals surface area contributed by atoms with Gasteiger partial charge in [-0.1, -0.05) is 12.1 Å². The van der Waals surface area contributed by atoms with Gasteiger partial charge in [0.1, 0.15) is 0 Å². The molecule has 5 nitrogen and oxygen atoms in total. The third-order valence-electron chi connectivity index (χ3n) is 3.65. The second-order valence-corrected chi connectivity index (χ2v) is 8.29. The van der Waals surface area contributed by atoms with E-state index in [1.807, 2.05) is 23.9 Å². The van der Waals surface area contributed by atoms with Crippen molar-refractivity contribution in [2.24, 2.45) is 0 Å². The number of sulfonamides is 1. The summed E-state index contributed by atoms with van der Waals surface area (Å²) in [6.45, 7) is 1.43. The Bertz CT molecular complexity index is 540. The van der Waals surface area contributed by atoms with Crippen molar-refractivity contribution < 1.29 is 13.2 Å². The maximum atomic E-state index is 12.0. The molecule has 1 aromatic carbocycles. The molecule has 0 spiro atoms. The molecule has 22 heavy (non-hydrogen) atoms. The quantitative estimate of drug-likeness (QED) is 0.701. The fourth-order valence-electron chi connectivity index (χ4n) is 2.31. The Balaban J connectivity index is 1.86. The minimum absolute atomic E-state index is 0.280. The van der Waals surface area contributed by atoms with E-state index in [2.05, 4.69) is 10.0 Å². The highest BCUT2D eigenvalue weighted by Gasteiger charge is 2.14. The summed E-state index contributed by atoms with van der Waals surface area (Å²) < 4.78 is 31.4. The second-order valence-electron chi connectivity index (χ2n) is 5.30. The molecule has 0 radical (unpaired) electrons. The number of nitrogens with one attached hydrogen (secondary N) is 2. The van der Waals surface area contributed by atoms with Crippen LogP contribution in [0.15, 0.2) is 29.2 Å². The summed E-state index contributed by atoms with van der Waals surface area (Å²) in [7, 11) is -1.90. The molecule has 7 heteroatoms. The van der Waals surface area contributed by atoms with Crippen LogP contribution in [0.1, 0.15) is 18.4 Å². The Morgan fingerprint density at radius 3 is 2.55 bits per heavy atom. The normalized spacial score (nSPS) is 16.8. The standard InChI is InChI=1S/C15H24N2O3S2/c1-20-9-8-17-22(18,19)15-4-2-13(3-5-15)12-16-14-6-10-21-11-7-14/h2-5,14,16-17H,6-12H2,1H3. The minimum atomic E-state index is -3.44. The number of thioether (sulfide) groups is 1. The first-order valence-electron chi connectivity index (χ1n) is 7.50. The molecule has 1 saturated heterocycles. The maximum absolute atomic E-state index is 12.0. The number of ether oxygens (including phenoxy) is 1. The van der Waals surface area contributed by atoms with E-state index in [1.165, 1.54) is 24.3 Å². The maximum Gasteiger partial charge on any atom is 0.240 e. The molecule has 0 bridgehead atoms. The van der Waals surface area contributed by atoms with Gasteiger partial charge in [0, 0.05) is 26.2 Å². The molecular formula is C15H24N2O3S2. The van der Waals surface area contributed by atoms with Crippen LogP contribution in [-0.2, 0) is 21.3 Å². The van der Waals surface area contributed by atoms with Crippen molar-refractivity contribution in [2.75, 3.05) is 31.8 Å². The molecule has 0 amide bonds. The lowest BCUT2D eigenvalue weighted by Crippen LogP contribution is -2.32. The monoisotopic (exact) mass is 344 g/mol. The van der Waals surface area contributed by atoms with E-state index >= 15 is 0 Å². The molecule has 0 unspecified atom stereocenters. The Hall–Kier alpha value is -0.600. The van der Waals surface area contributed by atoms with E-state index < -0.39 is 10.0 Å². The number of methoxy groups -OCH3 is 1. The summed E-state index contributed by atoms with van der Waals surface area (Å²) >= 11 is 2.01. The van der Waals surface area contributed by atoms with Crippen LogP contribution in [0.2, 0.25) is 0 Å². The molecule has 2 rings (SSSR count). The van der Waals surface area contributed by atoms with Gasteiger partial charge in [0.2, 0.25) is 10.0 Å². The molecule has 1 aliphatic rings. The van der Waals surface area contributed by atoms with Gasteiger partial charge in [-0.3, -0.25) is 0 Å². The molecule has 124 valence electrons. The lowest BCUT2D eigenvalue weighted by Gasteiger charge is -2.22. The molecule has 0 saturated carbocycles.